The summed E-state index contributed by atoms with van der Waals surface area (Å²) in [7, 11) is 0. The van der Waals surface area contributed by atoms with E-state index in [9.17, 15) is 0 Å². The third kappa shape index (κ3) is 2.20. The molecule has 1 heterocycles. The van der Waals surface area contributed by atoms with Gasteiger partial charge in [0, 0.05) is 25.6 Å². The first-order valence-electron chi connectivity index (χ1n) is 4.63. The minimum atomic E-state index is 0.476. The van der Waals surface area contributed by atoms with Crippen molar-refractivity contribution in [3.63, 3.8) is 0 Å². The van der Waals surface area contributed by atoms with Gasteiger partial charge in [-0.2, -0.15) is 5.26 Å². The van der Waals surface area contributed by atoms with E-state index in [0.29, 0.717) is 12.5 Å². The number of nitriles is 1. The Balaban J connectivity index is 1.72. The van der Waals surface area contributed by atoms with Crippen LogP contribution >= 0.6 is 0 Å². The number of hydrogen-bond donors (Lipinski definition) is 0. The average Bonchev–Trinajstić information content (AvgIpc) is 2.85. The third-order valence-corrected chi connectivity index (χ3v) is 2.41. The Morgan fingerprint density at radius 1 is 1.50 bits per heavy atom. The predicted molar refractivity (Wildman–Crippen MR) is 44.6 cm³/mol. The number of nitrogens with zero attached hydrogens (tertiary/aromatic N) is 2. The van der Waals surface area contributed by atoms with Crippen LogP contribution in [0.4, 0.5) is 0 Å². The Kier molecular flexibility index (Phi) is 2.29. The predicted octanol–water partition coefficient (Wildman–Crippen LogP) is 0.763. The zero-order valence-electron chi connectivity index (χ0n) is 7.20. The fourth-order valence-electron chi connectivity index (χ4n) is 1.49. The molecule has 2 aliphatic rings. The number of epoxide rings is 1. The van der Waals surface area contributed by atoms with Crippen LogP contribution in [0.3, 0.4) is 0 Å². The second-order valence-electron chi connectivity index (χ2n) is 3.59. The van der Waals surface area contributed by atoms with Crippen LogP contribution in [-0.4, -0.2) is 36.7 Å². The maximum atomic E-state index is 8.46. The van der Waals surface area contributed by atoms with Gasteiger partial charge in [-0.3, -0.25) is 4.90 Å². The van der Waals surface area contributed by atoms with Gasteiger partial charge in [0.05, 0.1) is 18.8 Å². The van der Waals surface area contributed by atoms with Crippen molar-refractivity contribution in [1.82, 2.24) is 4.90 Å². The zero-order valence-corrected chi connectivity index (χ0v) is 7.20. The van der Waals surface area contributed by atoms with Gasteiger partial charge in [0.1, 0.15) is 0 Å². The molecule has 0 spiro atoms. The van der Waals surface area contributed by atoms with Gasteiger partial charge < -0.3 is 4.74 Å². The first kappa shape index (κ1) is 8.03. The Morgan fingerprint density at radius 3 is 2.75 bits per heavy atom. The van der Waals surface area contributed by atoms with E-state index < -0.39 is 0 Å². The van der Waals surface area contributed by atoms with E-state index in [1.165, 1.54) is 12.8 Å². The first-order chi connectivity index (χ1) is 5.90. The molecule has 1 aliphatic carbocycles. The highest BCUT2D eigenvalue weighted by molar-refractivity contribution is 4.89. The van der Waals surface area contributed by atoms with Crippen LogP contribution in [0.25, 0.3) is 0 Å². The molecule has 1 atom stereocenters. The van der Waals surface area contributed by atoms with Crippen LogP contribution in [0.2, 0.25) is 0 Å². The molecule has 0 aromatic heterocycles. The summed E-state index contributed by atoms with van der Waals surface area (Å²) < 4.78 is 5.17. The molecule has 0 amide bonds. The topological polar surface area (TPSA) is 39.6 Å². The average molecular weight is 166 g/mol. The van der Waals surface area contributed by atoms with Crippen molar-refractivity contribution in [3.05, 3.63) is 0 Å². The molecule has 66 valence electrons. The Morgan fingerprint density at radius 2 is 2.25 bits per heavy atom. The maximum absolute atomic E-state index is 8.46. The van der Waals surface area contributed by atoms with Crippen molar-refractivity contribution in [2.75, 3.05) is 19.7 Å². The van der Waals surface area contributed by atoms with E-state index in [4.69, 9.17) is 10.00 Å². The molecule has 2 rings (SSSR count). The van der Waals surface area contributed by atoms with Crippen molar-refractivity contribution in [1.29, 1.82) is 5.26 Å². The molecule has 3 nitrogen and oxygen atoms in total. The number of rotatable bonds is 5. The van der Waals surface area contributed by atoms with Gasteiger partial charge >= 0.3 is 0 Å². The van der Waals surface area contributed by atoms with Crippen molar-refractivity contribution in [3.8, 4) is 6.07 Å². The molecule has 2 fully saturated rings. The lowest BCUT2D eigenvalue weighted by molar-refractivity contribution is 0.237. The summed E-state index contributed by atoms with van der Waals surface area (Å²) >= 11 is 0. The summed E-state index contributed by atoms with van der Waals surface area (Å²) in [6, 6.07) is 2.96. The molecule has 1 unspecified atom stereocenters. The molecule has 0 radical (unpaired) electrons. The highest BCUT2D eigenvalue weighted by atomic mass is 16.6. The van der Waals surface area contributed by atoms with Gasteiger partial charge in [-0.25, -0.2) is 0 Å². The molecule has 0 bridgehead atoms. The third-order valence-electron chi connectivity index (χ3n) is 2.41. The van der Waals surface area contributed by atoms with Crippen LogP contribution in [0.15, 0.2) is 0 Å². The maximum Gasteiger partial charge on any atom is 0.0936 e. The highest BCUT2D eigenvalue weighted by Crippen LogP contribution is 2.28. The molecule has 1 saturated heterocycles. The van der Waals surface area contributed by atoms with Gasteiger partial charge in [0.2, 0.25) is 0 Å². The lowest BCUT2D eigenvalue weighted by Gasteiger charge is -2.18. The van der Waals surface area contributed by atoms with E-state index in [1.807, 2.05) is 0 Å². The van der Waals surface area contributed by atoms with Gasteiger partial charge in [-0.05, 0) is 12.8 Å². The molecular formula is C9H14N2O. The highest BCUT2D eigenvalue weighted by Gasteiger charge is 2.33. The van der Waals surface area contributed by atoms with Crippen LogP contribution < -0.4 is 0 Å². The van der Waals surface area contributed by atoms with Crippen LogP contribution in [-0.2, 0) is 4.74 Å². The first-order valence-corrected chi connectivity index (χ1v) is 4.63. The fraction of sp³-hybridized carbons (Fsp3) is 0.889. The molecule has 12 heavy (non-hydrogen) atoms. The SMILES string of the molecule is N#CCCN(CC1CO1)C1CC1. The normalized spacial score (nSPS) is 27.2. The van der Waals surface area contributed by atoms with Crippen LogP contribution in [0.1, 0.15) is 19.3 Å². The minimum absolute atomic E-state index is 0.476. The fourth-order valence-corrected chi connectivity index (χ4v) is 1.49. The summed E-state index contributed by atoms with van der Waals surface area (Å²) in [6.07, 6.45) is 3.77. The molecule has 1 aliphatic heterocycles. The molecule has 1 saturated carbocycles. The Bertz CT molecular complexity index is 191. The Labute approximate surface area is 72.9 Å². The Hall–Kier alpha value is -0.590. The van der Waals surface area contributed by atoms with E-state index in [2.05, 4.69) is 11.0 Å². The van der Waals surface area contributed by atoms with E-state index in [0.717, 1.165) is 25.7 Å². The summed E-state index contributed by atoms with van der Waals surface area (Å²) in [5.41, 5.74) is 0. The second-order valence-corrected chi connectivity index (χ2v) is 3.59. The van der Waals surface area contributed by atoms with E-state index >= 15 is 0 Å². The molecule has 0 N–H and O–H groups in total. The lowest BCUT2D eigenvalue weighted by atomic mass is 10.3. The lowest BCUT2D eigenvalue weighted by Crippen LogP contribution is -2.30. The van der Waals surface area contributed by atoms with E-state index in [1.54, 1.807) is 0 Å². The molecule has 0 aromatic rings. The van der Waals surface area contributed by atoms with Gasteiger partial charge in [0.15, 0.2) is 0 Å². The minimum Gasteiger partial charge on any atom is -0.372 e. The number of hydrogen-bond acceptors (Lipinski definition) is 3. The van der Waals surface area contributed by atoms with Gasteiger partial charge in [-0.15, -0.1) is 0 Å². The summed E-state index contributed by atoms with van der Waals surface area (Å²) in [6.45, 7) is 2.91. The van der Waals surface area contributed by atoms with Crippen molar-refractivity contribution >= 4 is 0 Å². The van der Waals surface area contributed by atoms with Gasteiger partial charge in [0.25, 0.3) is 0 Å². The second kappa shape index (κ2) is 3.42. The largest absolute Gasteiger partial charge is 0.372 e. The van der Waals surface area contributed by atoms with Crippen LogP contribution in [0.5, 0.6) is 0 Å². The molecule has 0 aromatic carbocycles. The smallest absolute Gasteiger partial charge is 0.0936 e. The summed E-state index contributed by atoms with van der Waals surface area (Å²) in [5.74, 6) is 0. The molecular weight excluding hydrogens is 152 g/mol. The number of ether oxygens (including phenoxy) is 1. The van der Waals surface area contributed by atoms with E-state index in [-0.39, 0.29) is 0 Å². The summed E-state index contributed by atoms with van der Waals surface area (Å²) in [5, 5.41) is 8.46. The van der Waals surface area contributed by atoms with Crippen molar-refractivity contribution in [2.24, 2.45) is 0 Å². The standard InChI is InChI=1S/C9H14N2O/c10-4-1-5-11(8-2-3-8)6-9-7-12-9/h8-9H,1-3,5-7H2. The summed E-state index contributed by atoms with van der Waals surface area (Å²) in [4.78, 5) is 2.40. The van der Waals surface area contributed by atoms with Crippen molar-refractivity contribution in [2.45, 2.75) is 31.4 Å². The van der Waals surface area contributed by atoms with Gasteiger partial charge in [-0.1, -0.05) is 0 Å². The zero-order chi connectivity index (χ0) is 8.39. The quantitative estimate of drug-likeness (QED) is 0.566. The molecule has 3 heteroatoms. The van der Waals surface area contributed by atoms with Crippen LogP contribution in [0, 0.1) is 11.3 Å². The van der Waals surface area contributed by atoms with Crippen molar-refractivity contribution < 1.29 is 4.74 Å². The monoisotopic (exact) mass is 166 g/mol.